The molecule has 4 rings (SSSR count). The molecule has 0 saturated carbocycles. The van der Waals surface area contributed by atoms with Gasteiger partial charge in [0.1, 0.15) is 0 Å². The van der Waals surface area contributed by atoms with Crippen LogP contribution in [-0.4, -0.2) is 11.8 Å². The summed E-state index contributed by atoms with van der Waals surface area (Å²) in [6, 6.07) is 14.0. The minimum atomic E-state index is 0.281. The molecule has 0 amide bonds. The fourth-order valence-electron chi connectivity index (χ4n) is 2.37. The van der Waals surface area contributed by atoms with Crippen LogP contribution in [0.2, 0.25) is 0 Å². The van der Waals surface area contributed by atoms with Gasteiger partial charge in [0, 0.05) is 19.9 Å². The van der Waals surface area contributed by atoms with Crippen molar-refractivity contribution >= 4 is 42.8 Å². The quantitative estimate of drug-likeness (QED) is 0.559. The average Bonchev–Trinajstić information content (AvgIpc) is 2.94. The maximum atomic E-state index is 5.42. The highest BCUT2D eigenvalue weighted by Crippen LogP contribution is 2.36. The van der Waals surface area contributed by atoms with Gasteiger partial charge in [-0.2, -0.15) is 0 Å². The fourth-order valence-corrected chi connectivity index (χ4v) is 3.72. The number of aromatic nitrogens is 1. The lowest BCUT2D eigenvalue weighted by Gasteiger charge is -2.06. The van der Waals surface area contributed by atoms with Gasteiger partial charge in [-0.3, -0.25) is 0 Å². The molecule has 0 radical (unpaired) electrons. The average molecular weight is 407 g/mol. The Balaban J connectivity index is 1.87. The van der Waals surface area contributed by atoms with Crippen LogP contribution in [-0.2, 0) is 0 Å². The van der Waals surface area contributed by atoms with E-state index in [1.807, 2.05) is 30.3 Å². The number of ether oxygens (including phenoxy) is 2. The van der Waals surface area contributed by atoms with E-state index in [0.29, 0.717) is 0 Å². The molecule has 1 aliphatic rings. The molecule has 1 aliphatic heterocycles. The Kier molecular flexibility index (Phi) is 3.12. The van der Waals surface area contributed by atoms with Crippen molar-refractivity contribution in [3.63, 3.8) is 0 Å². The van der Waals surface area contributed by atoms with Crippen LogP contribution < -0.4 is 9.47 Å². The maximum absolute atomic E-state index is 5.42. The van der Waals surface area contributed by atoms with Gasteiger partial charge in [-0.25, -0.2) is 4.98 Å². The first kappa shape index (κ1) is 13.1. The summed E-state index contributed by atoms with van der Waals surface area (Å²) in [6.07, 6.45) is 0. The summed E-state index contributed by atoms with van der Waals surface area (Å²) >= 11 is 7.06. The second-order valence-corrected chi connectivity index (χ2v) is 6.49. The van der Waals surface area contributed by atoms with E-state index in [-0.39, 0.29) is 6.79 Å². The highest BCUT2D eigenvalue weighted by atomic mass is 79.9. The second-order valence-electron chi connectivity index (χ2n) is 4.72. The van der Waals surface area contributed by atoms with E-state index in [1.165, 1.54) is 0 Å². The first-order valence-electron chi connectivity index (χ1n) is 6.36. The SMILES string of the molecule is Brc1cc(Br)c2nc(-c3ccc4c(c3)OCO4)ccc2c1. The van der Waals surface area contributed by atoms with Crippen LogP contribution in [0.3, 0.4) is 0 Å². The zero-order valence-corrected chi connectivity index (χ0v) is 13.9. The number of hydrogen-bond donors (Lipinski definition) is 0. The predicted molar refractivity (Wildman–Crippen MR) is 88.7 cm³/mol. The molecule has 0 unspecified atom stereocenters. The van der Waals surface area contributed by atoms with E-state index in [2.05, 4.69) is 44.0 Å². The van der Waals surface area contributed by atoms with Crippen molar-refractivity contribution in [1.29, 1.82) is 0 Å². The second kappa shape index (κ2) is 5.00. The van der Waals surface area contributed by atoms with Crippen LogP contribution in [0.1, 0.15) is 0 Å². The molecule has 0 saturated heterocycles. The Labute approximate surface area is 138 Å². The van der Waals surface area contributed by atoms with Gasteiger partial charge >= 0.3 is 0 Å². The van der Waals surface area contributed by atoms with Crippen molar-refractivity contribution in [2.24, 2.45) is 0 Å². The smallest absolute Gasteiger partial charge is 0.231 e. The molecule has 3 aromatic rings. The summed E-state index contributed by atoms with van der Waals surface area (Å²) in [5.74, 6) is 1.55. The van der Waals surface area contributed by atoms with Gasteiger partial charge in [0.25, 0.3) is 0 Å². The van der Waals surface area contributed by atoms with E-state index in [9.17, 15) is 0 Å². The zero-order valence-electron chi connectivity index (χ0n) is 10.8. The normalized spacial score (nSPS) is 12.9. The fraction of sp³-hybridized carbons (Fsp3) is 0.0625. The number of hydrogen-bond acceptors (Lipinski definition) is 3. The molecule has 2 heterocycles. The van der Waals surface area contributed by atoms with Crippen molar-refractivity contribution in [3.05, 3.63) is 51.4 Å². The monoisotopic (exact) mass is 405 g/mol. The third-order valence-corrected chi connectivity index (χ3v) is 4.44. The molecule has 0 fully saturated rings. The van der Waals surface area contributed by atoms with E-state index in [4.69, 9.17) is 14.5 Å². The van der Waals surface area contributed by atoms with Gasteiger partial charge in [-0.1, -0.05) is 22.0 Å². The molecular weight excluding hydrogens is 398 g/mol. The molecule has 0 spiro atoms. The molecule has 5 heteroatoms. The molecule has 3 nitrogen and oxygen atoms in total. The van der Waals surface area contributed by atoms with Crippen LogP contribution in [0.4, 0.5) is 0 Å². The summed E-state index contributed by atoms with van der Waals surface area (Å²) in [5.41, 5.74) is 2.85. The van der Waals surface area contributed by atoms with E-state index < -0.39 is 0 Å². The number of benzene rings is 2. The Morgan fingerprint density at radius 1 is 0.905 bits per heavy atom. The van der Waals surface area contributed by atoms with Crippen LogP contribution >= 0.6 is 31.9 Å². The topological polar surface area (TPSA) is 31.4 Å². The van der Waals surface area contributed by atoms with Crippen molar-refractivity contribution in [3.8, 4) is 22.8 Å². The van der Waals surface area contributed by atoms with Gasteiger partial charge in [0.15, 0.2) is 11.5 Å². The Morgan fingerprint density at radius 2 is 1.76 bits per heavy atom. The van der Waals surface area contributed by atoms with Gasteiger partial charge in [-0.15, -0.1) is 0 Å². The number of pyridine rings is 1. The Bertz CT molecular complexity index is 864. The lowest BCUT2D eigenvalue weighted by atomic mass is 10.1. The molecular formula is C16H9Br2NO2. The number of halogens is 2. The largest absolute Gasteiger partial charge is 0.454 e. The van der Waals surface area contributed by atoms with Gasteiger partial charge in [0.05, 0.1) is 11.2 Å². The first-order valence-corrected chi connectivity index (χ1v) is 7.95. The Hall–Kier alpha value is -1.59. The summed E-state index contributed by atoms with van der Waals surface area (Å²) in [5, 5.41) is 1.08. The van der Waals surface area contributed by atoms with Crippen LogP contribution in [0.15, 0.2) is 51.4 Å². The van der Waals surface area contributed by atoms with E-state index in [0.717, 1.165) is 42.6 Å². The Morgan fingerprint density at radius 3 is 2.67 bits per heavy atom. The third kappa shape index (κ3) is 2.30. The van der Waals surface area contributed by atoms with E-state index >= 15 is 0 Å². The zero-order chi connectivity index (χ0) is 14.4. The van der Waals surface area contributed by atoms with E-state index in [1.54, 1.807) is 0 Å². The first-order chi connectivity index (χ1) is 10.2. The molecule has 0 atom stereocenters. The van der Waals surface area contributed by atoms with Gasteiger partial charge < -0.3 is 9.47 Å². The molecule has 1 aromatic heterocycles. The van der Waals surface area contributed by atoms with Gasteiger partial charge in [0.2, 0.25) is 6.79 Å². The number of nitrogens with zero attached hydrogens (tertiary/aromatic N) is 1. The lowest BCUT2D eigenvalue weighted by molar-refractivity contribution is 0.174. The summed E-state index contributed by atoms with van der Waals surface area (Å²) < 4.78 is 12.8. The van der Waals surface area contributed by atoms with Crippen LogP contribution in [0.5, 0.6) is 11.5 Å². The maximum Gasteiger partial charge on any atom is 0.231 e. The summed E-state index contributed by atoms with van der Waals surface area (Å²) in [6.45, 7) is 0.281. The van der Waals surface area contributed by atoms with Crippen molar-refractivity contribution in [1.82, 2.24) is 4.98 Å². The molecule has 2 aromatic carbocycles. The number of rotatable bonds is 1. The summed E-state index contributed by atoms with van der Waals surface area (Å²) in [7, 11) is 0. The van der Waals surface area contributed by atoms with Crippen molar-refractivity contribution in [2.45, 2.75) is 0 Å². The standard InChI is InChI=1S/C16H9Br2NO2/c17-11-5-10-1-3-13(19-16(10)12(18)7-11)9-2-4-14-15(6-9)21-8-20-14/h1-7H,8H2. The van der Waals surface area contributed by atoms with Crippen LogP contribution in [0.25, 0.3) is 22.2 Å². The minimum absolute atomic E-state index is 0.281. The van der Waals surface area contributed by atoms with Crippen LogP contribution in [0, 0.1) is 0 Å². The highest BCUT2D eigenvalue weighted by molar-refractivity contribution is 9.11. The molecule has 0 aliphatic carbocycles. The summed E-state index contributed by atoms with van der Waals surface area (Å²) in [4.78, 5) is 4.75. The molecule has 0 N–H and O–H groups in total. The lowest BCUT2D eigenvalue weighted by Crippen LogP contribution is -1.92. The third-order valence-electron chi connectivity index (χ3n) is 3.38. The van der Waals surface area contributed by atoms with Crippen molar-refractivity contribution < 1.29 is 9.47 Å². The minimum Gasteiger partial charge on any atom is -0.454 e. The predicted octanol–water partition coefficient (Wildman–Crippen LogP) is 5.16. The molecule has 0 bridgehead atoms. The van der Waals surface area contributed by atoms with Crippen molar-refractivity contribution in [2.75, 3.05) is 6.79 Å². The van der Waals surface area contributed by atoms with Gasteiger partial charge in [-0.05, 0) is 52.3 Å². The number of fused-ring (bicyclic) bond motifs is 2. The molecule has 104 valence electrons. The highest BCUT2D eigenvalue weighted by Gasteiger charge is 2.14. The molecule has 21 heavy (non-hydrogen) atoms.